The predicted molar refractivity (Wildman–Crippen MR) is 60.1 cm³/mol. The number of nitriles is 1. The van der Waals surface area contributed by atoms with Gasteiger partial charge in [0, 0.05) is 24.7 Å². The Morgan fingerprint density at radius 1 is 1.53 bits per heavy atom. The van der Waals surface area contributed by atoms with E-state index in [2.05, 4.69) is 23.5 Å². The zero-order chi connectivity index (χ0) is 10.7. The van der Waals surface area contributed by atoms with Crippen LogP contribution in [0.2, 0.25) is 0 Å². The smallest absolute Gasteiger partial charge is 0.0635 e. The molecule has 0 saturated heterocycles. The van der Waals surface area contributed by atoms with Crippen LogP contribution >= 0.6 is 0 Å². The Bertz CT molecular complexity index is 392. The zero-order valence-electron chi connectivity index (χ0n) is 8.66. The van der Waals surface area contributed by atoms with E-state index in [4.69, 9.17) is 11.0 Å². The van der Waals surface area contributed by atoms with Crippen molar-refractivity contribution in [2.75, 3.05) is 12.3 Å². The Kier molecular flexibility index (Phi) is 2.89. The first kappa shape index (κ1) is 10.0. The molecule has 2 rings (SSSR count). The number of anilines is 1. The molecule has 0 amide bonds. The summed E-state index contributed by atoms with van der Waals surface area (Å²) in [6, 6.07) is 8.66. The van der Waals surface area contributed by atoms with Crippen LogP contribution in [-0.4, -0.2) is 6.54 Å². The minimum Gasteiger partial charge on any atom is -0.399 e. The number of nitrogens with two attached hydrogens (primary N) is 1. The third-order valence-corrected chi connectivity index (χ3v) is 2.87. The Balaban J connectivity index is 2.05. The summed E-state index contributed by atoms with van der Waals surface area (Å²) in [4.78, 5) is 0. The molecular formula is C12H15N3. The van der Waals surface area contributed by atoms with E-state index >= 15 is 0 Å². The second-order valence-electron chi connectivity index (χ2n) is 3.91. The summed E-state index contributed by atoms with van der Waals surface area (Å²) in [5.41, 5.74) is 9.27. The monoisotopic (exact) mass is 201 g/mol. The number of nitrogen functional groups attached to an aromatic ring is 1. The van der Waals surface area contributed by atoms with Gasteiger partial charge in [-0.1, -0.05) is 6.07 Å². The number of nitrogens with one attached hydrogen (secondary N) is 1. The maximum absolute atomic E-state index is 8.47. The van der Waals surface area contributed by atoms with E-state index in [0.29, 0.717) is 12.5 Å². The van der Waals surface area contributed by atoms with Crippen LogP contribution in [-0.2, 0) is 6.42 Å². The summed E-state index contributed by atoms with van der Waals surface area (Å²) in [5, 5.41) is 11.9. The molecule has 3 N–H and O–H groups in total. The van der Waals surface area contributed by atoms with Crippen LogP contribution in [0.3, 0.4) is 0 Å². The SMILES string of the molecule is N#CCCNC1CCc2cc(N)ccc21. The highest BCUT2D eigenvalue weighted by atomic mass is 14.9. The van der Waals surface area contributed by atoms with Crippen molar-refractivity contribution in [1.29, 1.82) is 5.26 Å². The lowest BCUT2D eigenvalue weighted by molar-refractivity contribution is 0.538. The Hall–Kier alpha value is -1.53. The van der Waals surface area contributed by atoms with Gasteiger partial charge >= 0.3 is 0 Å². The van der Waals surface area contributed by atoms with Gasteiger partial charge < -0.3 is 11.1 Å². The summed E-state index contributed by atoms with van der Waals surface area (Å²) < 4.78 is 0. The fourth-order valence-electron chi connectivity index (χ4n) is 2.15. The topological polar surface area (TPSA) is 61.8 Å². The van der Waals surface area contributed by atoms with Crippen LogP contribution in [0.25, 0.3) is 0 Å². The number of aryl methyl sites for hydroxylation is 1. The standard InChI is InChI=1S/C12H15N3/c13-6-1-7-15-12-5-2-9-8-10(14)3-4-11(9)12/h3-4,8,12,15H,1-2,5,7,14H2. The molecule has 0 bridgehead atoms. The van der Waals surface area contributed by atoms with Crippen LogP contribution in [0, 0.1) is 11.3 Å². The van der Waals surface area contributed by atoms with Crippen molar-refractivity contribution in [3.05, 3.63) is 29.3 Å². The Morgan fingerprint density at radius 3 is 3.20 bits per heavy atom. The first-order chi connectivity index (χ1) is 7.31. The number of hydrogen-bond acceptors (Lipinski definition) is 3. The highest BCUT2D eigenvalue weighted by Crippen LogP contribution is 2.32. The van der Waals surface area contributed by atoms with E-state index in [-0.39, 0.29) is 0 Å². The van der Waals surface area contributed by atoms with Gasteiger partial charge in [0.25, 0.3) is 0 Å². The molecule has 1 aromatic rings. The van der Waals surface area contributed by atoms with Gasteiger partial charge in [0.2, 0.25) is 0 Å². The number of nitrogens with zero attached hydrogens (tertiary/aromatic N) is 1. The highest BCUT2D eigenvalue weighted by Gasteiger charge is 2.21. The third-order valence-electron chi connectivity index (χ3n) is 2.87. The Labute approximate surface area is 89.9 Å². The molecule has 78 valence electrons. The summed E-state index contributed by atoms with van der Waals surface area (Å²) in [5.74, 6) is 0. The summed E-state index contributed by atoms with van der Waals surface area (Å²) in [6.07, 6.45) is 2.77. The number of rotatable bonds is 3. The van der Waals surface area contributed by atoms with E-state index < -0.39 is 0 Å². The number of hydrogen-bond donors (Lipinski definition) is 2. The molecule has 0 saturated carbocycles. The molecule has 1 aliphatic rings. The summed E-state index contributed by atoms with van der Waals surface area (Å²) in [6.45, 7) is 0.769. The van der Waals surface area contributed by atoms with Crippen LogP contribution in [0.15, 0.2) is 18.2 Å². The van der Waals surface area contributed by atoms with Crippen molar-refractivity contribution in [2.24, 2.45) is 0 Å². The van der Waals surface area contributed by atoms with E-state index in [9.17, 15) is 0 Å². The molecule has 1 unspecified atom stereocenters. The molecule has 0 spiro atoms. The molecule has 1 atom stereocenters. The van der Waals surface area contributed by atoms with E-state index in [1.807, 2.05) is 6.07 Å². The number of benzene rings is 1. The van der Waals surface area contributed by atoms with Gasteiger partial charge in [0.15, 0.2) is 0 Å². The molecule has 0 fully saturated rings. The van der Waals surface area contributed by atoms with Crippen molar-refractivity contribution in [3.8, 4) is 6.07 Å². The normalized spacial score (nSPS) is 18.5. The second kappa shape index (κ2) is 4.33. The fourth-order valence-corrected chi connectivity index (χ4v) is 2.15. The van der Waals surface area contributed by atoms with Crippen molar-refractivity contribution in [3.63, 3.8) is 0 Å². The molecule has 1 aliphatic carbocycles. The van der Waals surface area contributed by atoms with E-state index in [1.54, 1.807) is 0 Å². The molecule has 0 aliphatic heterocycles. The van der Waals surface area contributed by atoms with Crippen molar-refractivity contribution >= 4 is 5.69 Å². The molecule has 1 aromatic carbocycles. The van der Waals surface area contributed by atoms with E-state index in [0.717, 1.165) is 25.1 Å². The molecule has 0 radical (unpaired) electrons. The van der Waals surface area contributed by atoms with Crippen LogP contribution in [0.1, 0.15) is 30.0 Å². The van der Waals surface area contributed by atoms with Crippen LogP contribution in [0.4, 0.5) is 5.69 Å². The lowest BCUT2D eigenvalue weighted by Gasteiger charge is -2.12. The maximum Gasteiger partial charge on any atom is 0.0635 e. The average molecular weight is 201 g/mol. The second-order valence-corrected chi connectivity index (χ2v) is 3.91. The minimum absolute atomic E-state index is 0.411. The van der Waals surface area contributed by atoms with Crippen LogP contribution in [0.5, 0.6) is 0 Å². The van der Waals surface area contributed by atoms with Gasteiger partial charge in [-0.05, 0) is 36.1 Å². The molecule has 3 nitrogen and oxygen atoms in total. The van der Waals surface area contributed by atoms with Gasteiger partial charge in [0.05, 0.1) is 6.07 Å². The number of fused-ring (bicyclic) bond motifs is 1. The van der Waals surface area contributed by atoms with Gasteiger partial charge in [-0.25, -0.2) is 0 Å². The van der Waals surface area contributed by atoms with Crippen molar-refractivity contribution in [1.82, 2.24) is 5.32 Å². The Morgan fingerprint density at radius 2 is 2.40 bits per heavy atom. The first-order valence-electron chi connectivity index (χ1n) is 5.30. The first-order valence-corrected chi connectivity index (χ1v) is 5.30. The zero-order valence-corrected chi connectivity index (χ0v) is 8.66. The molecule has 15 heavy (non-hydrogen) atoms. The third kappa shape index (κ3) is 2.11. The van der Waals surface area contributed by atoms with Crippen molar-refractivity contribution < 1.29 is 0 Å². The van der Waals surface area contributed by atoms with Gasteiger partial charge in [-0.2, -0.15) is 5.26 Å². The van der Waals surface area contributed by atoms with Crippen molar-refractivity contribution in [2.45, 2.75) is 25.3 Å². The molecular weight excluding hydrogens is 186 g/mol. The molecule has 3 heteroatoms. The quantitative estimate of drug-likeness (QED) is 0.578. The summed E-state index contributed by atoms with van der Waals surface area (Å²) in [7, 11) is 0. The molecule has 0 heterocycles. The lowest BCUT2D eigenvalue weighted by atomic mass is 10.1. The minimum atomic E-state index is 0.411. The van der Waals surface area contributed by atoms with Gasteiger partial charge in [-0.3, -0.25) is 0 Å². The largest absolute Gasteiger partial charge is 0.399 e. The molecule has 0 aromatic heterocycles. The highest BCUT2D eigenvalue weighted by molar-refractivity contribution is 5.47. The van der Waals surface area contributed by atoms with Crippen LogP contribution < -0.4 is 11.1 Å². The van der Waals surface area contributed by atoms with E-state index in [1.165, 1.54) is 11.1 Å². The fraction of sp³-hybridized carbons (Fsp3) is 0.417. The van der Waals surface area contributed by atoms with Gasteiger partial charge in [-0.15, -0.1) is 0 Å². The van der Waals surface area contributed by atoms with Gasteiger partial charge in [0.1, 0.15) is 0 Å². The summed E-state index contributed by atoms with van der Waals surface area (Å²) >= 11 is 0. The average Bonchev–Trinajstić information content (AvgIpc) is 2.61. The lowest BCUT2D eigenvalue weighted by Crippen LogP contribution is -2.20. The maximum atomic E-state index is 8.47. The predicted octanol–water partition coefficient (Wildman–Crippen LogP) is 1.76.